The van der Waals surface area contributed by atoms with Crippen LogP contribution in [0.3, 0.4) is 0 Å². The number of benzene rings is 1. The van der Waals surface area contributed by atoms with Crippen molar-refractivity contribution in [1.82, 2.24) is 9.29 Å². The Morgan fingerprint density at radius 2 is 2.25 bits per heavy atom. The number of aliphatic hydroxyl groups is 1. The number of nitrogens with zero attached hydrogens (tertiary/aromatic N) is 1. The average Bonchev–Trinajstić information content (AvgIpc) is 3.34. The third-order valence-corrected chi connectivity index (χ3v) is 6.67. The van der Waals surface area contributed by atoms with Crippen molar-refractivity contribution < 1.29 is 9.50 Å². The first-order valence-electron chi connectivity index (χ1n) is 7.98. The summed E-state index contributed by atoms with van der Waals surface area (Å²) in [7, 11) is 0. The Bertz CT molecular complexity index is 731. The first-order chi connectivity index (χ1) is 11.5. The maximum absolute atomic E-state index is 14.0. The highest BCUT2D eigenvalue weighted by Crippen LogP contribution is 2.34. The highest BCUT2D eigenvalue weighted by Gasteiger charge is 2.25. The average molecular weight is 436 g/mol. The summed E-state index contributed by atoms with van der Waals surface area (Å²) in [5.41, 5.74) is 1.59. The lowest BCUT2D eigenvalue weighted by molar-refractivity contribution is 0.145. The van der Waals surface area contributed by atoms with Gasteiger partial charge in [-0.2, -0.15) is 0 Å². The van der Waals surface area contributed by atoms with Gasteiger partial charge in [0.25, 0.3) is 0 Å². The third kappa shape index (κ3) is 4.10. The van der Waals surface area contributed by atoms with Gasteiger partial charge < -0.3 is 9.67 Å². The van der Waals surface area contributed by atoms with Crippen molar-refractivity contribution in [3.05, 3.63) is 34.2 Å². The van der Waals surface area contributed by atoms with Crippen molar-refractivity contribution >= 4 is 50.4 Å². The van der Waals surface area contributed by atoms with Crippen LogP contribution in [0.15, 0.2) is 22.8 Å². The van der Waals surface area contributed by atoms with Crippen LogP contribution in [0.25, 0.3) is 10.9 Å². The van der Waals surface area contributed by atoms with Crippen LogP contribution in [-0.2, 0) is 13.1 Å². The number of rotatable bonds is 8. The summed E-state index contributed by atoms with van der Waals surface area (Å²) in [4.78, 5) is 0. The molecule has 1 fully saturated rings. The second-order valence-corrected chi connectivity index (χ2v) is 9.12. The van der Waals surface area contributed by atoms with E-state index >= 15 is 0 Å². The fourth-order valence-electron chi connectivity index (χ4n) is 2.60. The van der Waals surface area contributed by atoms with E-state index in [1.807, 2.05) is 13.1 Å². The Labute approximate surface area is 159 Å². The number of halogens is 3. The molecule has 2 aromatic rings. The molecule has 1 aliphatic carbocycles. The molecule has 1 aromatic carbocycles. The van der Waals surface area contributed by atoms with Gasteiger partial charge in [-0.15, -0.1) is 11.6 Å². The van der Waals surface area contributed by atoms with Crippen LogP contribution in [-0.4, -0.2) is 27.4 Å². The van der Waals surface area contributed by atoms with E-state index < -0.39 is 5.41 Å². The van der Waals surface area contributed by atoms with E-state index in [2.05, 4.69) is 25.2 Å². The molecule has 0 spiro atoms. The van der Waals surface area contributed by atoms with Gasteiger partial charge in [0.1, 0.15) is 5.82 Å². The lowest BCUT2D eigenvalue weighted by atomic mass is 9.94. The normalized spacial score (nSPS) is 17.4. The monoisotopic (exact) mass is 434 g/mol. The van der Waals surface area contributed by atoms with E-state index in [1.54, 1.807) is 24.1 Å². The molecule has 1 saturated carbocycles. The second kappa shape index (κ2) is 7.54. The molecular weight excluding hydrogens is 415 g/mol. The van der Waals surface area contributed by atoms with E-state index in [0.717, 1.165) is 21.7 Å². The number of hydrogen-bond acceptors (Lipinski definition) is 3. The molecule has 0 bridgehead atoms. The Morgan fingerprint density at radius 3 is 2.88 bits per heavy atom. The van der Waals surface area contributed by atoms with Gasteiger partial charge >= 0.3 is 0 Å². The fourth-order valence-corrected chi connectivity index (χ4v) is 3.95. The summed E-state index contributed by atoms with van der Waals surface area (Å²) in [6.45, 7) is 3.22. The molecule has 0 radical (unpaired) electrons. The summed E-state index contributed by atoms with van der Waals surface area (Å²) in [5, 5.41) is 11.3. The molecule has 1 unspecified atom stereocenters. The van der Waals surface area contributed by atoms with Crippen molar-refractivity contribution in [2.75, 3.05) is 12.5 Å². The number of nitrogens with one attached hydrogen (secondary N) is 1. The Morgan fingerprint density at radius 1 is 1.50 bits per heavy atom. The molecule has 1 aromatic heterocycles. The molecule has 3 rings (SSSR count). The summed E-state index contributed by atoms with van der Waals surface area (Å²) in [6.07, 6.45) is 4.58. The molecule has 1 aliphatic rings. The first kappa shape index (κ1) is 18.5. The van der Waals surface area contributed by atoms with Crippen molar-refractivity contribution in [1.29, 1.82) is 0 Å². The van der Waals surface area contributed by atoms with Crippen LogP contribution in [0.2, 0.25) is 0 Å². The van der Waals surface area contributed by atoms with Crippen molar-refractivity contribution in [3.63, 3.8) is 0 Å². The van der Waals surface area contributed by atoms with Gasteiger partial charge in [0, 0.05) is 46.7 Å². The maximum Gasteiger partial charge on any atom is 0.138 e. The van der Waals surface area contributed by atoms with Crippen LogP contribution in [0.4, 0.5) is 4.39 Å². The molecule has 0 amide bonds. The van der Waals surface area contributed by atoms with E-state index in [9.17, 15) is 9.50 Å². The minimum Gasteiger partial charge on any atom is -0.396 e. The van der Waals surface area contributed by atoms with E-state index in [0.29, 0.717) is 23.4 Å². The number of aliphatic hydroxyl groups excluding tert-OH is 1. The maximum atomic E-state index is 14.0. The van der Waals surface area contributed by atoms with Gasteiger partial charge in [-0.1, -0.05) is 18.9 Å². The zero-order valence-electron chi connectivity index (χ0n) is 13.5. The van der Waals surface area contributed by atoms with Crippen LogP contribution in [0.5, 0.6) is 0 Å². The summed E-state index contributed by atoms with van der Waals surface area (Å²) < 4.78 is 19.9. The standard InChI is InChI=1S/C17H21BrClFN2OS/c1-17(8-19,10-23)9-22-7-11(6-21-24-12-2-3-12)13-4-15(20)14(18)5-16(13)22/h4-5,7,12,21,23H,2-3,6,8-10H2,1H3. The van der Waals surface area contributed by atoms with E-state index in [1.165, 1.54) is 12.8 Å². The molecule has 132 valence electrons. The van der Waals surface area contributed by atoms with Gasteiger partial charge in [-0.3, -0.25) is 4.72 Å². The Hall–Kier alpha value is -0.270. The quantitative estimate of drug-likeness (QED) is 0.467. The minimum absolute atomic E-state index is 0.00362. The Kier molecular flexibility index (Phi) is 5.82. The predicted octanol–water partition coefficient (Wildman–Crippen LogP) is 4.68. The third-order valence-electron chi connectivity index (χ3n) is 4.30. The number of aromatic nitrogens is 1. The largest absolute Gasteiger partial charge is 0.396 e. The van der Waals surface area contributed by atoms with Gasteiger partial charge in [-0.25, -0.2) is 4.39 Å². The summed E-state index contributed by atoms with van der Waals surface area (Å²) >= 11 is 11.1. The van der Waals surface area contributed by atoms with Crippen LogP contribution < -0.4 is 4.72 Å². The smallest absolute Gasteiger partial charge is 0.138 e. The predicted molar refractivity (Wildman–Crippen MR) is 103 cm³/mol. The van der Waals surface area contributed by atoms with Gasteiger partial charge in [0.2, 0.25) is 0 Å². The topological polar surface area (TPSA) is 37.2 Å². The Balaban J connectivity index is 1.92. The number of alkyl halides is 1. The SMILES string of the molecule is CC(CO)(CCl)Cn1cc(CNSC2CC2)c2cc(F)c(Br)cc21. The van der Waals surface area contributed by atoms with Gasteiger partial charge in [0.15, 0.2) is 0 Å². The first-order valence-corrected chi connectivity index (χ1v) is 10.2. The molecule has 1 heterocycles. The van der Waals surface area contributed by atoms with Crippen molar-refractivity contribution in [2.45, 2.75) is 38.1 Å². The lowest BCUT2D eigenvalue weighted by Crippen LogP contribution is -2.29. The summed E-state index contributed by atoms with van der Waals surface area (Å²) in [6, 6.07) is 3.37. The molecule has 2 N–H and O–H groups in total. The molecule has 1 atom stereocenters. The van der Waals surface area contributed by atoms with Crippen LogP contribution in [0.1, 0.15) is 25.3 Å². The summed E-state index contributed by atoms with van der Waals surface area (Å²) in [5.74, 6) is 0.0926. The van der Waals surface area contributed by atoms with Crippen molar-refractivity contribution in [3.8, 4) is 0 Å². The molecule has 0 aliphatic heterocycles. The molecule has 3 nitrogen and oxygen atoms in total. The van der Waals surface area contributed by atoms with Crippen LogP contribution >= 0.6 is 39.5 Å². The minimum atomic E-state index is -0.415. The highest BCUT2D eigenvalue weighted by atomic mass is 79.9. The fraction of sp³-hybridized carbons (Fsp3) is 0.529. The molecular formula is C17H21BrClFN2OS. The second-order valence-electron chi connectivity index (χ2n) is 6.81. The zero-order valence-corrected chi connectivity index (χ0v) is 16.6. The molecule has 24 heavy (non-hydrogen) atoms. The molecule has 0 saturated heterocycles. The number of fused-ring (bicyclic) bond motifs is 1. The lowest BCUT2D eigenvalue weighted by Gasteiger charge is -2.25. The highest BCUT2D eigenvalue weighted by molar-refractivity contribution is 9.10. The van der Waals surface area contributed by atoms with Crippen molar-refractivity contribution in [2.24, 2.45) is 5.41 Å². The zero-order chi connectivity index (χ0) is 17.3. The number of hydrogen-bond donors (Lipinski definition) is 2. The van der Waals surface area contributed by atoms with Gasteiger partial charge in [0.05, 0.1) is 11.1 Å². The van der Waals surface area contributed by atoms with Crippen LogP contribution in [0, 0.1) is 11.2 Å². The van der Waals surface area contributed by atoms with Gasteiger partial charge in [-0.05, 0) is 46.5 Å². The molecule has 7 heteroatoms. The van der Waals surface area contributed by atoms with E-state index in [-0.39, 0.29) is 12.4 Å². The van der Waals surface area contributed by atoms with E-state index in [4.69, 9.17) is 11.6 Å².